The Kier molecular flexibility index (Phi) is 6.40. The van der Waals surface area contributed by atoms with E-state index in [1.165, 1.54) is 4.31 Å². The molecule has 0 aliphatic carbocycles. The number of thiol groups is 1. The molecule has 4 rings (SSSR count). The molecule has 5 nitrogen and oxygen atoms in total. The summed E-state index contributed by atoms with van der Waals surface area (Å²) in [6.45, 7) is 3.76. The molecule has 0 bridgehead atoms. The van der Waals surface area contributed by atoms with Gasteiger partial charge in [0, 0.05) is 5.02 Å². The Morgan fingerprint density at radius 1 is 0.970 bits per heavy atom. The third-order valence-electron chi connectivity index (χ3n) is 5.72. The predicted octanol–water partition coefficient (Wildman–Crippen LogP) is 6.07. The van der Waals surface area contributed by atoms with Gasteiger partial charge < -0.3 is 5.11 Å². The Hall–Kier alpha value is -3.35. The van der Waals surface area contributed by atoms with E-state index in [0.717, 1.165) is 38.6 Å². The standard InChI is InChI=1S/C26H22ClNO4S/c1-16-5-3-4-6-24(16)28(33(31)32)22-11-8-18(9-12-22)26-17(2)20(14-25(29)30)13-19-7-10-21(27)15-23(19)26/h3-13,15,33H,14H2,1-2H3,(H,29,30). The molecule has 4 aromatic carbocycles. The second-order valence-corrected chi connectivity index (χ2v) is 9.17. The number of carbonyl (C=O) groups is 1. The molecule has 1 N–H and O–H groups in total. The second-order valence-electron chi connectivity index (χ2n) is 7.85. The maximum atomic E-state index is 12.1. The number of anilines is 2. The lowest BCUT2D eigenvalue weighted by molar-refractivity contribution is -0.136. The lowest BCUT2D eigenvalue weighted by Gasteiger charge is -2.21. The first-order valence-electron chi connectivity index (χ1n) is 10.3. The second kappa shape index (κ2) is 9.25. The normalized spacial score (nSPS) is 11.2. The zero-order valence-corrected chi connectivity index (χ0v) is 19.7. The van der Waals surface area contributed by atoms with Crippen LogP contribution in [0.5, 0.6) is 0 Å². The summed E-state index contributed by atoms with van der Waals surface area (Å²) < 4.78 is 25.5. The summed E-state index contributed by atoms with van der Waals surface area (Å²) in [5.41, 5.74) is 5.27. The summed E-state index contributed by atoms with van der Waals surface area (Å²) in [6.07, 6.45) is -0.0901. The molecule has 33 heavy (non-hydrogen) atoms. The van der Waals surface area contributed by atoms with E-state index >= 15 is 0 Å². The van der Waals surface area contributed by atoms with Crippen LogP contribution < -0.4 is 4.31 Å². The number of aliphatic carboxylic acids is 1. The maximum absolute atomic E-state index is 12.1. The van der Waals surface area contributed by atoms with E-state index in [2.05, 4.69) is 0 Å². The fraction of sp³-hybridized carbons (Fsp3) is 0.115. The van der Waals surface area contributed by atoms with E-state index < -0.39 is 16.9 Å². The van der Waals surface area contributed by atoms with Gasteiger partial charge in [0.15, 0.2) is 0 Å². The lowest BCUT2D eigenvalue weighted by atomic mass is 9.89. The molecule has 0 saturated heterocycles. The topological polar surface area (TPSA) is 74.7 Å². The molecule has 0 saturated carbocycles. The molecule has 0 atom stereocenters. The number of hydrogen-bond donors (Lipinski definition) is 2. The molecule has 7 heteroatoms. The zero-order chi connectivity index (χ0) is 23.7. The third-order valence-corrected chi connectivity index (χ3v) is 6.73. The molecule has 0 radical (unpaired) electrons. The Bertz CT molecular complexity index is 1440. The first kappa shape index (κ1) is 22.8. The molecule has 0 aliphatic rings. The number of nitrogens with zero attached hydrogens (tertiary/aromatic N) is 1. The van der Waals surface area contributed by atoms with Gasteiger partial charge in [0.1, 0.15) is 0 Å². The molecule has 168 valence electrons. The van der Waals surface area contributed by atoms with Gasteiger partial charge in [-0.3, -0.25) is 4.79 Å². The van der Waals surface area contributed by atoms with Crippen molar-refractivity contribution in [2.24, 2.45) is 0 Å². The largest absolute Gasteiger partial charge is 0.481 e. The van der Waals surface area contributed by atoms with E-state index in [1.54, 1.807) is 30.3 Å². The molecular weight excluding hydrogens is 458 g/mol. The van der Waals surface area contributed by atoms with E-state index in [1.807, 2.05) is 56.3 Å². The zero-order valence-electron chi connectivity index (χ0n) is 18.1. The summed E-state index contributed by atoms with van der Waals surface area (Å²) in [7, 11) is -2.90. The van der Waals surface area contributed by atoms with Crippen LogP contribution in [0.2, 0.25) is 5.02 Å². The van der Waals surface area contributed by atoms with E-state index in [0.29, 0.717) is 16.4 Å². The van der Waals surface area contributed by atoms with Crippen LogP contribution in [-0.4, -0.2) is 19.5 Å². The van der Waals surface area contributed by atoms with Crippen LogP contribution in [0.4, 0.5) is 11.4 Å². The average Bonchev–Trinajstić information content (AvgIpc) is 2.76. The highest BCUT2D eigenvalue weighted by molar-refractivity contribution is 7.74. The Morgan fingerprint density at radius 2 is 1.67 bits per heavy atom. The SMILES string of the molecule is Cc1ccccc1N(c1ccc(-c2c(C)c(CC(=O)O)cc3ccc(Cl)cc23)cc1)[SH](=O)=O. The van der Waals surface area contributed by atoms with Crippen molar-refractivity contribution < 1.29 is 18.3 Å². The highest BCUT2D eigenvalue weighted by Gasteiger charge is 2.17. The molecule has 0 aromatic heterocycles. The van der Waals surface area contributed by atoms with Gasteiger partial charge in [-0.25, -0.2) is 12.7 Å². The first-order chi connectivity index (χ1) is 15.8. The van der Waals surface area contributed by atoms with Crippen molar-refractivity contribution in [2.45, 2.75) is 20.3 Å². The van der Waals surface area contributed by atoms with Crippen molar-refractivity contribution in [1.82, 2.24) is 0 Å². The molecule has 4 aromatic rings. The summed E-state index contributed by atoms with van der Waals surface area (Å²) in [4.78, 5) is 11.4. The molecule has 0 unspecified atom stereocenters. The number of hydrogen-bond acceptors (Lipinski definition) is 3. The number of carboxylic acid groups (broad SMARTS) is 1. The monoisotopic (exact) mass is 479 g/mol. The van der Waals surface area contributed by atoms with Gasteiger partial charge in [0.25, 0.3) is 0 Å². The minimum Gasteiger partial charge on any atom is -0.481 e. The quantitative estimate of drug-likeness (QED) is 0.329. The molecule has 0 aliphatic heterocycles. The Labute approximate surface area is 198 Å². The van der Waals surface area contributed by atoms with E-state index in [4.69, 9.17) is 11.6 Å². The average molecular weight is 480 g/mol. The smallest absolute Gasteiger partial charge is 0.307 e. The summed E-state index contributed by atoms with van der Waals surface area (Å²) in [5.74, 6) is -0.902. The number of para-hydroxylation sites is 1. The number of rotatable bonds is 6. The summed E-state index contributed by atoms with van der Waals surface area (Å²) >= 11 is 6.27. The number of fused-ring (bicyclic) bond motifs is 1. The van der Waals surface area contributed by atoms with Crippen molar-refractivity contribution in [2.75, 3.05) is 4.31 Å². The van der Waals surface area contributed by atoms with Gasteiger partial charge in [-0.2, -0.15) is 0 Å². The van der Waals surface area contributed by atoms with Gasteiger partial charge in [0.05, 0.1) is 17.8 Å². The van der Waals surface area contributed by atoms with Crippen molar-refractivity contribution >= 4 is 50.6 Å². The molecular formula is C26H22ClNO4S. The molecule has 0 heterocycles. The number of carboxylic acids is 1. The third kappa shape index (κ3) is 4.58. The van der Waals surface area contributed by atoms with Crippen LogP contribution in [0.1, 0.15) is 16.7 Å². The predicted molar refractivity (Wildman–Crippen MR) is 134 cm³/mol. The minimum absolute atomic E-state index is 0.0901. The highest BCUT2D eigenvalue weighted by atomic mass is 35.5. The van der Waals surface area contributed by atoms with E-state index in [-0.39, 0.29) is 6.42 Å². The van der Waals surface area contributed by atoms with Crippen LogP contribution in [0.3, 0.4) is 0 Å². The van der Waals surface area contributed by atoms with E-state index in [9.17, 15) is 18.3 Å². The fourth-order valence-corrected chi connectivity index (χ4v) is 5.03. The minimum atomic E-state index is -2.90. The molecule has 0 amide bonds. The van der Waals surface area contributed by atoms with Crippen molar-refractivity contribution in [1.29, 1.82) is 0 Å². The summed E-state index contributed by atoms with van der Waals surface area (Å²) in [6, 6.07) is 21.9. The van der Waals surface area contributed by atoms with Crippen molar-refractivity contribution in [3.05, 3.63) is 94.5 Å². The van der Waals surface area contributed by atoms with Crippen molar-refractivity contribution in [3.63, 3.8) is 0 Å². The van der Waals surface area contributed by atoms with Gasteiger partial charge in [0.2, 0.25) is 10.9 Å². The molecule has 0 fully saturated rings. The van der Waals surface area contributed by atoms with Gasteiger partial charge in [-0.1, -0.05) is 54.1 Å². The van der Waals surface area contributed by atoms with Crippen LogP contribution in [0.15, 0.2) is 72.8 Å². The lowest BCUT2D eigenvalue weighted by Crippen LogP contribution is -2.15. The Morgan fingerprint density at radius 3 is 2.30 bits per heavy atom. The summed E-state index contributed by atoms with van der Waals surface area (Å²) in [5, 5.41) is 11.8. The van der Waals surface area contributed by atoms with Crippen LogP contribution >= 0.6 is 11.6 Å². The molecule has 0 spiro atoms. The van der Waals surface area contributed by atoms with Gasteiger partial charge in [-0.15, -0.1) is 0 Å². The Balaban J connectivity index is 1.87. The number of aryl methyl sites for hydroxylation is 1. The highest BCUT2D eigenvalue weighted by Crippen LogP contribution is 2.37. The van der Waals surface area contributed by atoms with Crippen molar-refractivity contribution in [3.8, 4) is 11.1 Å². The van der Waals surface area contributed by atoms with Crippen LogP contribution in [0, 0.1) is 13.8 Å². The number of benzene rings is 4. The van der Waals surface area contributed by atoms with Gasteiger partial charge in [-0.05, 0) is 82.8 Å². The van der Waals surface area contributed by atoms with Crippen LogP contribution in [0.25, 0.3) is 21.9 Å². The van der Waals surface area contributed by atoms with Gasteiger partial charge >= 0.3 is 5.97 Å². The fourth-order valence-electron chi connectivity index (χ4n) is 4.14. The first-order valence-corrected chi connectivity index (χ1v) is 11.8. The maximum Gasteiger partial charge on any atom is 0.307 e. The number of halogens is 1. The van der Waals surface area contributed by atoms with Crippen LogP contribution in [-0.2, 0) is 22.1 Å².